The first-order valence-electron chi connectivity index (χ1n) is 10.5. The maximum absolute atomic E-state index is 9.10. The Hall–Kier alpha value is -2.32. The number of carbonyl (C=O) groups is 2. The number of aliphatic carboxylic acids is 2. The van der Waals surface area contributed by atoms with E-state index in [2.05, 4.69) is 22.8 Å². The number of methoxy groups -OCH3 is 2. The molecule has 0 amide bonds. The normalized spacial score (nSPS) is 22.5. The minimum Gasteiger partial charge on any atom is -0.497 e. The SMILES string of the molecule is COc1ccc(OC)c(CN2CCN(C3CCC(C)CC3)CC2)c1.O=C(O)C(=O)O. The number of carboxylic acids is 2. The van der Waals surface area contributed by atoms with E-state index in [1.807, 2.05) is 12.1 Å². The zero-order valence-corrected chi connectivity index (χ0v) is 18.2. The zero-order chi connectivity index (χ0) is 22.1. The maximum atomic E-state index is 9.10. The molecule has 1 aromatic carbocycles. The number of carboxylic acid groups (broad SMARTS) is 2. The van der Waals surface area contributed by atoms with Crippen molar-refractivity contribution >= 4 is 11.9 Å². The smallest absolute Gasteiger partial charge is 0.414 e. The molecule has 8 nitrogen and oxygen atoms in total. The number of rotatable bonds is 5. The van der Waals surface area contributed by atoms with Crippen LogP contribution in [0.2, 0.25) is 0 Å². The van der Waals surface area contributed by atoms with Gasteiger partial charge in [-0.05, 0) is 49.8 Å². The van der Waals surface area contributed by atoms with Gasteiger partial charge in [0.2, 0.25) is 0 Å². The molecule has 0 unspecified atom stereocenters. The summed E-state index contributed by atoms with van der Waals surface area (Å²) in [6.45, 7) is 8.03. The lowest BCUT2D eigenvalue weighted by Gasteiger charge is -2.41. The Bertz CT molecular complexity index is 683. The highest BCUT2D eigenvalue weighted by Gasteiger charge is 2.27. The molecule has 1 aromatic rings. The van der Waals surface area contributed by atoms with Gasteiger partial charge in [-0.1, -0.05) is 6.92 Å². The molecule has 2 aliphatic rings. The standard InChI is InChI=1S/C20H32N2O2.C2H2O4/c1-16-4-6-18(7-5-16)22-12-10-21(11-13-22)15-17-14-19(23-2)8-9-20(17)24-3;3-1(4)2(5)6/h8-9,14,16,18H,4-7,10-13,15H2,1-3H3;(H,3,4)(H,5,6). The molecule has 1 aliphatic carbocycles. The maximum Gasteiger partial charge on any atom is 0.414 e. The van der Waals surface area contributed by atoms with Gasteiger partial charge in [0.15, 0.2) is 0 Å². The van der Waals surface area contributed by atoms with Crippen molar-refractivity contribution in [3.63, 3.8) is 0 Å². The van der Waals surface area contributed by atoms with E-state index in [1.165, 1.54) is 44.3 Å². The molecule has 1 heterocycles. The van der Waals surface area contributed by atoms with Crippen LogP contribution >= 0.6 is 0 Å². The molecule has 1 aliphatic heterocycles. The molecular weight excluding hydrogens is 388 g/mol. The summed E-state index contributed by atoms with van der Waals surface area (Å²) in [6.07, 6.45) is 5.60. The predicted octanol–water partition coefficient (Wildman–Crippen LogP) is 2.56. The van der Waals surface area contributed by atoms with E-state index < -0.39 is 11.9 Å². The minimum absolute atomic E-state index is 0.828. The summed E-state index contributed by atoms with van der Waals surface area (Å²) in [7, 11) is 3.46. The Labute approximate surface area is 178 Å². The van der Waals surface area contributed by atoms with Crippen LogP contribution in [0.3, 0.4) is 0 Å². The summed E-state index contributed by atoms with van der Waals surface area (Å²) >= 11 is 0. The van der Waals surface area contributed by atoms with Gasteiger partial charge in [0.1, 0.15) is 11.5 Å². The van der Waals surface area contributed by atoms with E-state index in [0.717, 1.165) is 43.1 Å². The van der Waals surface area contributed by atoms with Gasteiger partial charge in [0.25, 0.3) is 0 Å². The first-order valence-corrected chi connectivity index (χ1v) is 10.5. The highest BCUT2D eigenvalue weighted by Crippen LogP contribution is 2.29. The average molecular weight is 423 g/mol. The third kappa shape index (κ3) is 7.18. The molecular formula is C22H34N2O6. The second-order valence-electron chi connectivity index (χ2n) is 8.01. The summed E-state index contributed by atoms with van der Waals surface area (Å²) in [5.74, 6) is -0.853. The Morgan fingerprint density at radius 3 is 2.07 bits per heavy atom. The molecule has 2 fully saturated rings. The molecule has 0 bridgehead atoms. The molecule has 8 heteroatoms. The summed E-state index contributed by atoms with van der Waals surface area (Å²) in [4.78, 5) is 23.5. The van der Waals surface area contributed by atoms with E-state index in [1.54, 1.807) is 14.2 Å². The second-order valence-corrected chi connectivity index (χ2v) is 8.01. The number of ether oxygens (including phenoxy) is 2. The fourth-order valence-corrected chi connectivity index (χ4v) is 4.14. The van der Waals surface area contributed by atoms with Crippen LogP contribution in [-0.4, -0.2) is 78.4 Å². The lowest BCUT2D eigenvalue weighted by molar-refractivity contribution is -0.159. The van der Waals surface area contributed by atoms with Crippen molar-refractivity contribution in [2.24, 2.45) is 5.92 Å². The van der Waals surface area contributed by atoms with Gasteiger partial charge in [0.05, 0.1) is 14.2 Å². The molecule has 30 heavy (non-hydrogen) atoms. The zero-order valence-electron chi connectivity index (χ0n) is 18.2. The number of hydrogen-bond acceptors (Lipinski definition) is 6. The first-order chi connectivity index (χ1) is 14.3. The van der Waals surface area contributed by atoms with Gasteiger partial charge in [-0.3, -0.25) is 9.80 Å². The third-order valence-electron chi connectivity index (χ3n) is 5.97. The molecule has 0 spiro atoms. The predicted molar refractivity (Wildman–Crippen MR) is 113 cm³/mol. The lowest BCUT2D eigenvalue weighted by Crippen LogP contribution is -2.50. The number of benzene rings is 1. The van der Waals surface area contributed by atoms with Crippen LogP contribution in [0.1, 0.15) is 38.2 Å². The summed E-state index contributed by atoms with van der Waals surface area (Å²) in [5, 5.41) is 14.8. The van der Waals surface area contributed by atoms with Crippen molar-refractivity contribution in [3.05, 3.63) is 23.8 Å². The van der Waals surface area contributed by atoms with E-state index in [4.69, 9.17) is 29.3 Å². The highest BCUT2D eigenvalue weighted by atomic mass is 16.5. The Morgan fingerprint density at radius 1 is 0.967 bits per heavy atom. The van der Waals surface area contributed by atoms with Gasteiger partial charge < -0.3 is 19.7 Å². The molecule has 1 saturated heterocycles. The van der Waals surface area contributed by atoms with Gasteiger partial charge in [-0.2, -0.15) is 0 Å². The van der Waals surface area contributed by atoms with Crippen LogP contribution in [0.5, 0.6) is 11.5 Å². The topological polar surface area (TPSA) is 99.5 Å². The van der Waals surface area contributed by atoms with Crippen molar-refractivity contribution in [2.75, 3.05) is 40.4 Å². The monoisotopic (exact) mass is 422 g/mol. The van der Waals surface area contributed by atoms with Crippen molar-refractivity contribution < 1.29 is 29.3 Å². The van der Waals surface area contributed by atoms with Crippen LogP contribution in [-0.2, 0) is 16.1 Å². The third-order valence-corrected chi connectivity index (χ3v) is 5.97. The Balaban J connectivity index is 0.000000469. The van der Waals surface area contributed by atoms with Crippen LogP contribution in [0.15, 0.2) is 18.2 Å². The fraction of sp³-hybridized carbons (Fsp3) is 0.636. The molecule has 1 saturated carbocycles. The molecule has 0 atom stereocenters. The molecule has 3 rings (SSSR count). The van der Waals surface area contributed by atoms with Crippen molar-refractivity contribution in [1.82, 2.24) is 9.80 Å². The lowest BCUT2D eigenvalue weighted by atomic mass is 9.86. The molecule has 168 valence electrons. The Kier molecular flexibility index (Phi) is 9.39. The highest BCUT2D eigenvalue weighted by molar-refractivity contribution is 6.27. The molecule has 2 N–H and O–H groups in total. The summed E-state index contributed by atoms with van der Waals surface area (Å²) in [6, 6.07) is 6.90. The van der Waals surface area contributed by atoms with Crippen LogP contribution in [0.4, 0.5) is 0 Å². The van der Waals surface area contributed by atoms with E-state index in [9.17, 15) is 0 Å². The van der Waals surface area contributed by atoms with Gasteiger partial charge in [-0.25, -0.2) is 9.59 Å². The number of hydrogen-bond donors (Lipinski definition) is 2. The number of piperazine rings is 1. The fourth-order valence-electron chi connectivity index (χ4n) is 4.14. The quantitative estimate of drug-likeness (QED) is 0.699. The summed E-state index contributed by atoms with van der Waals surface area (Å²) < 4.78 is 10.9. The second kappa shape index (κ2) is 11.8. The van der Waals surface area contributed by atoms with Gasteiger partial charge in [-0.15, -0.1) is 0 Å². The van der Waals surface area contributed by atoms with Crippen LogP contribution in [0, 0.1) is 5.92 Å². The van der Waals surface area contributed by atoms with Gasteiger partial charge >= 0.3 is 11.9 Å². The van der Waals surface area contributed by atoms with Crippen molar-refractivity contribution in [2.45, 2.75) is 45.2 Å². The molecule has 0 aromatic heterocycles. The van der Waals surface area contributed by atoms with E-state index in [0.29, 0.717) is 0 Å². The molecule has 0 radical (unpaired) electrons. The van der Waals surface area contributed by atoms with Crippen molar-refractivity contribution in [1.29, 1.82) is 0 Å². The van der Waals surface area contributed by atoms with E-state index >= 15 is 0 Å². The first kappa shape index (κ1) is 24.0. The van der Waals surface area contributed by atoms with Crippen LogP contribution in [0.25, 0.3) is 0 Å². The Morgan fingerprint density at radius 2 is 1.57 bits per heavy atom. The van der Waals surface area contributed by atoms with Crippen LogP contribution < -0.4 is 9.47 Å². The number of nitrogens with zero attached hydrogens (tertiary/aromatic N) is 2. The van der Waals surface area contributed by atoms with Gasteiger partial charge in [0, 0.05) is 44.3 Å². The summed E-state index contributed by atoms with van der Waals surface area (Å²) in [5.41, 5.74) is 1.22. The largest absolute Gasteiger partial charge is 0.497 e. The average Bonchev–Trinajstić information content (AvgIpc) is 2.75. The van der Waals surface area contributed by atoms with E-state index in [-0.39, 0.29) is 0 Å². The minimum atomic E-state index is -1.82. The van der Waals surface area contributed by atoms with Crippen molar-refractivity contribution in [3.8, 4) is 11.5 Å².